The van der Waals surface area contributed by atoms with E-state index >= 15 is 0 Å². The number of nitrogens with zero attached hydrogens (tertiary/aromatic N) is 2. The molecule has 12 heteroatoms. The zero-order valence-electron chi connectivity index (χ0n) is 10.9. The van der Waals surface area contributed by atoms with Crippen LogP contribution in [0.4, 0.5) is 5.69 Å². The van der Waals surface area contributed by atoms with Gasteiger partial charge in [-0.2, -0.15) is 4.72 Å². The van der Waals surface area contributed by atoms with Gasteiger partial charge in [0.2, 0.25) is 20.0 Å². The van der Waals surface area contributed by atoms with E-state index in [0.717, 1.165) is 6.07 Å². The first-order valence-corrected chi connectivity index (χ1v) is 7.85. The summed E-state index contributed by atoms with van der Waals surface area (Å²) in [6.45, 7) is -2.83. The molecule has 104 valence electrons. The lowest BCUT2D eigenvalue weighted by Gasteiger charge is -2.25. The maximum absolute atomic E-state index is 11.9. The van der Waals surface area contributed by atoms with Gasteiger partial charge in [-0.3, -0.25) is 0 Å². The Labute approximate surface area is 116 Å². The van der Waals surface area contributed by atoms with Gasteiger partial charge in [-0.1, -0.05) is 11.6 Å². The van der Waals surface area contributed by atoms with Crippen LogP contribution in [0.1, 0.15) is 2.74 Å². The summed E-state index contributed by atoms with van der Waals surface area (Å²) >= 11 is 5.69. The van der Waals surface area contributed by atoms with E-state index in [4.69, 9.17) is 19.5 Å². The molecule has 0 saturated heterocycles. The number of primary sulfonamides is 1. The van der Waals surface area contributed by atoms with Gasteiger partial charge < -0.3 is 0 Å². The van der Waals surface area contributed by atoms with Crippen LogP contribution in [0.2, 0.25) is 5.02 Å². The van der Waals surface area contributed by atoms with E-state index in [9.17, 15) is 21.7 Å². The number of nitrogens with two attached hydrogens (primary N) is 1. The third-order valence-electron chi connectivity index (χ3n) is 2.21. The van der Waals surface area contributed by atoms with Gasteiger partial charge in [0.15, 0.2) is 0 Å². The number of anilines is 1. The highest BCUT2D eigenvalue weighted by Crippen LogP contribution is 2.35. The Morgan fingerprint density at radius 1 is 1.53 bits per heavy atom. The van der Waals surface area contributed by atoms with E-state index in [1.165, 1.54) is 0 Å². The lowest BCUT2D eigenvalue weighted by atomic mass is 10.3. The predicted octanol–water partition coefficient (Wildman–Crippen LogP) is -0.275. The Kier molecular flexibility index (Phi) is 2.66. The first-order valence-electron chi connectivity index (χ1n) is 5.44. The fourth-order valence-corrected chi connectivity index (χ4v) is 3.58. The minimum absolute atomic E-state index is 0.183. The molecule has 0 unspecified atom stereocenters. The van der Waals surface area contributed by atoms with Crippen LogP contribution in [0.15, 0.2) is 27.2 Å². The van der Waals surface area contributed by atoms with Crippen LogP contribution < -0.4 is 14.9 Å². The number of fused-ring (bicyclic) bond motifs is 1. The van der Waals surface area contributed by atoms with Crippen molar-refractivity contribution in [1.29, 1.82) is 0 Å². The van der Waals surface area contributed by atoms with Gasteiger partial charge >= 0.3 is 0 Å². The Morgan fingerprint density at radius 2 is 2.16 bits per heavy atom. The third kappa shape index (κ3) is 2.42. The maximum Gasteiger partial charge on any atom is 0.244 e. The molecule has 0 aromatic heterocycles. The van der Waals surface area contributed by atoms with Crippen LogP contribution in [0.25, 0.3) is 0 Å². The standard InChI is InChI=1S/C7H7ClN4O5S2/c8-4-1-5-7(2-6(4)18(9,14)15)19(16,17)10-3-12(5)11-13/h1-2,10H,3H2,(H2,9,14,15)/i3D2. The lowest BCUT2D eigenvalue weighted by Crippen LogP contribution is -2.40. The van der Waals surface area contributed by atoms with Crippen molar-refractivity contribution in [1.82, 2.24) is 4.72 Å². The molecule has 0 radical (unpaired) electrons. The second-order valence-electron chi connectivity index (χ2n) is 3.41. The van der Waals surface area contributed by atoms with Crippen molar-refractivity contribution < 1.29 is 19.6 Å². The van der Waals surface area contributed by atoms with Crippen LogP contribution in [-0.4, -0.2) is 23.5 Å². The fraction of sp³-hybridized carbons (Fsp3) is 0.143. The predicted molar refractivity (Wildman–Crippen MR) is 66.3 cm³/mol. The van der Waals surface area contributed by atoms with Crippen molar-refractivity contribution >= 4 is 37.3 Å². The topological polar surface area (TPSA) is 139 Å². The maximum atomic E-state index is 11.9. The lowest BCUT2D eigenvalue weighted by molar-refractivity contribution is 0.571. The number of sulfonamides is 2. The molecule has 0 amide bonds. The first-order chi connectivity index (χ1) is 9.40. The molecule has 1 heterocycles. The average molecular weight is 329 g/mol. The van der Waals surface area contributed by atoms with E-state index in [0.29, 0.717) is 6.07 Å². The summed E-state index contributed by atoms with van der Waals surface area (Å²) in [5.41, 5.74) is -0.508. The zero-order valence-corrected chi connectivity index (χ0v) is 11.3. The van der Waals surface area contributed by atoms with E-state index < -0.39 is 47.2 Å². The number of benzene rings is 1. The second kappa shape index (κ2) is 4.38. The third-order valence-corrected chi connectivity index (χ3v) is 4.85. The Balaban J connectivity index is 2.89. The molecule has 1 aromatic carbocycles. The van der Waals surface area contributed by atoms with Gasteiger partial charge in [-0.05, 0) is 12.1 Å². The summed E-state index contributed by atoms with van der Waals surface area (Å²) in [5, 5.41) is 6.99. The molecule has 0 saturated carbocycles. The summed E-state index contributed by atoms with van der Waals surface area (Å²) in [6.07, 6.45) is 0. The molecule has 0 atom stereocenters. The number of nitrogens with one attached hydrogen (secondary N) is 1. The summed E-state index contributed by atoms with van der Waals surface area (Å²) in [5.74, 6) is 0. The van der Waals surface area contributed by atoms with Crippen molar-refractivity contribution in [3.63, 3.8) is 0 Å². The molecule has 1 aliphatic rings. The van der Waals surface area contributed by atoms with Gasteiger partial charge in [0, 0.05) is 0 Å². The molecule has 0 aliphatic carbocycles. The molecule has 2 rings (SSSR count). The number of rotatable bonds is 2. The molecular formula is C7H7ClN4O5S2. The largest absolute Gasteiger partial charge is 0.244 e. The van der Waals surface area contributed by atoms with Crippen LogP contribution in [0.5, 0.6) is 0 Å². The van der Waals surface area contributed by atoms with Gasteiger partial charge in [-0.15, -0.1) is 4.91 Å². The first kappa shape index (κ1) is 11.5. The summed E-state index contributed by atoms with van der Waals surface area (Å²) < 4.78 is 63.0. The number of hydrogen-bond acceptors (Lipinski definition) is 6. The highest BCUT2D eigenvalue weighted by molar-refractivity contribution is 7.90. The Morgan fingerprint density at radius 3 is 2.68 bits per heavy atom. The van der Waals surface area contributed by atoms with Gasteiger partial charge in [0.05, 0.1) is 18.7 Å². The molecule has 19 heavy (non-hydrogen) atoms. The fourth-order valence-electron chi connectivity index (χ4n) is 1.41. The number of nitroso groups, excluding NO2 is 1. The van der Waals surface area contributed by atoms with Crippen molar-refractivity contribution in [3.05, 3.63) is 22.1 Å². The Hall–Kier alpha value is -1.27. The van der Waals surface area contributed by atoms with Crippen molar-refractivity contribution in [2.45, 2.75) is 9.79 Å². The molecule has 0 spiro atoms. The van der Waals surface area contributed by atoms with Crippen LogP contribution in [-0.2, 0) is 20.0 Å². The van der Waals surface area contributed by atoms with Crippen molar-refractivity contribution in [2.24, 2.45) is 10.4 Å². The normalized spacial score (nSPS) is 22.1. The molecule has 1 aromatic rings. The van der Waals surface area contributed by atoms with Gasteiger partial charge in [-0.25, -0.2) is 27.0 Å². The minimum atomic E-state index is -4.44. The van der Waals surface area contributed by atoms with Crippen LogP contribution in [0.3, 0.4) is 0 Å². The second-order valence-corrected chi connectivity index (χ2v) is 6.99. The van der Waals surface area contributed by atoms with E-state index in [1.54, 1.807) is 4.72 Å². The summed E-state index contributed by atoms with van der Waals surface area (Å²) in [7, 11) is -8.75. The van der Waals surface area contributed by atoms with Crippen LogP contribution in [0, 0.1) is 4.91 Å². The van der Waals surface area contributed by atoms with E-state index in [1.807, 2.05) is 0 Å². The number of halogens is 1. The van der Waals surface area contributed by atoms with Crippen LogP contribution >= 0.6 is 11.6 Å². The molecule has 1 aliphatic heterocycles. The number of hydrogen-bond donors (Lipinski definition) is 2. The van der Waals surface area contributed by atoms with Gasteiger partial charge in [0.25, 0.3) is 0 Å². The van der Waals surface area contributed by atoms with E-state index in [-0.39, 0.29) is 5.01 Å². The molecule has 0 bridgehead atoms. The highest BCUT2D eigenvalue weighted by Gasteiger charge is 2.31. The Bertz CT molecular complexity index is 841. The smallest absolute Gasteiger partial charge is 0.225 e. The molecule has 3 N–H and O–H groups in total. The van der Waals surface area contributed by atoms with E-state index in [2.05, 4.69) is 5.29 Å². The van der Waals surface area contributed by atoms with Crippen molar-refractivity contribution in [3.8, 4) is 0 Å². The minimum Gasteiger partial charge on any atom is -0.225 e. The van der Waals surface area contributed by atoms with Gasteiger partial charge in [0.1, 0.15) is 16.4 Å². The molecular weight excluding hydrogens is 320 g/mol. The zero-order chi connectivity index (χ0) is 16.2. The summed E-state index contributed by atoms with van der Waals surface area (Å²) in [4.78, 5) is 9.39. The monoisotopic (exact) mass is 328 g/mol. The quantitative estimate of drug-likeness (QED) is 0.716. The SMILES string of the molecule is [2H]C1([2H])NS(=O)(=O)c2cc(S(N)(=O)=O)c(Cl)cc2N1N=O. The average Bonchev–Trinajstić information content (AvgIpc) is 2.24. The highest BCUT2D eigenvalue weighted by atomic mass is 35.5. The molecule has 0 fully saturated rings. The van der Waals surface area contributed by atoms with Crippen molar-refractivity contribution in [2.75, 3.05) is 11.6 Å². The summed E-state index contributed by atoms with van der Waals surface area (Å²) in [6, 6.07) is 1.41. The molecule has 9 nitrogen and oxygen atoms in total.